The van der Waals surface area contributed by atoms with E-state index in [4.69, 9.17) is 4.74 Å². The smallest absolute Gasteiger partial charge is 0.335 e. The average molecular weight is 665 g/mol. The van der Waals surface area contributed by atoms with Gasteiger partial charge in [0, 0.05) is 42.7 Å². The highest BCUT2D eigenvalue weighted by molar-refractivity contribution is 7.88. The fourth-order valence-electron chi connectivity index (χ4n) is 5.94. The average Bonchev–Trinajstić information content (AvgIpc) is 3.63. The Hall–Kier alpha value is -4.75. The van der Waals surface area contributed by atoms with E-state index in [1.54, 1.807) is 29.7 Å². The van der Waals surface area contributed by atoms with Gasteiger partial charge in [-0.15, -0.1) is 0 Å². The first kappa shape index (κ1) is 32.2. The Labute approximate surface area is 269 Å². The number of aromatic carboxylic acids is 1. The van der Waals surface area contributed by atoms with Gasteiger partial charge in [-0.05, 0) is 73.4 Å². The first-order valence-electron chi connectivity index (χ1n) is 14.9. The van der Waals surface area contributed by atoms with Crippen molar-refractivity contribution in [3.05, 3.63) is 112 Å². The van der Waals surface area contributed by atoms with Crippen LogP contribution in [0, 0.1) is 24.4 Å². The van der Waals surface area contributed by atoms with Gasteiger partial charge in [0.1, 0.15) is 29.9 Å². The summed E-state index contributed by atoms with van der Waals surface area (Å²) in [6.07, 6.45) is 2.23. The van der Waals surface area contributed by atoms with E-state index in [1.165, 1.54) is 40.7 Å². The number of ether oxygens (including phenoxy) is 1. The van der Waals surface area contributed by atoms with E-state index in [0.717, 1.165) is 24.0 Å². The number of carboxylic acids is 1. The molecule has 3 heterocycles. The third kappa shape index (κ3) is 6.86. The summed E-state index contributed by atoms with van der Waals surface area (Å²) < 4.78 is 79.1. The molecular formula is C34H31F3N4O5S. The monoisotopic (exact) mass is 664 g/mol. The van der Waals surface area contributed by atoms with Crippen molar-refractivity contribution in [3.8, 4) is 17.1 Å². The molecule has 1 aliphatic heterocycles. The molecule has 9 nitrogen and oxygen atoms in total. The summed E-state index contributed by atoms with van der Waals surface area (Å²) in [5, 5.41) is 9.58. The van der Waals surface area contributed by atoms with Gasteiger partial charge in [0.05, 0.1) is 28.5 Å². The number of halogens is 3. The first-order chi connectivity index (χ1) is 22.4. The van der Waals surface area contributed by atoms with Gasteiger partial charge in [0.2, 0.25) is 15.9 Å². The van der Waals surface area contributed by atoms with Gasteiger partial charge in [-0.1, -0.05) is 18.2 Å². The van der Waals surface area contributed by atoms with Crippen LogP contribution in [-0.2, 0) is 29.6 Å². The molecule has 2 aromatic heterocycles. The lowest BCUT2D eigenvalue weighted by Crippen LogP contribution is -2.37. The molecule has 244 valence electrons. The molecule has 1 N–H and O–H groups in total. The molecule has 0 amide bonds. The van der Waals surface area contributed by atoms with E-state index in [2.05, 4.69) is 9.97 Å². The van der Waals surface area contributed by atoms with E-state index in [1.807, 2.05) is 0 Å². The summed E-state index contributed by atoms with van der Waals surface area (Å²) in [5.74, 6) is -2.60. The Kier molecular flexibility index (Phi) is 8.77. The standard InChI is InChI=1S/C34H31F3N4O5S/c1-20-8-9-22(26(35)13-20)19-46-33-7-3-6-29(39-33)25-17-27(36)23(14-28(25)37)16-32-38-30-11-10-21(34(42)43)15-31(30)40(32)18-24-5-4-12-41(24)47(2,44)45/h3,6-11,13-15,17,24H,4-5,12,16,18-19H2,1-2H3,(H,42,43)/t24-/m1/s1. The van der Waals surface area contributed by atoms with Crippen LogP contribution >= 0.6 is 0 Å². The highest BCUT2D eigenvalue weighted by Gasteiger charge is 2.32. The quantitative estimate of drug-likeness (QED) is 0.192. The van der Waals surface area contributed by atoms with Gasteiger partial charge < -0.3 is 14.4 Å². The molecule has 0 aliphatic carbocycles. The number of nitrogens with zero attached hydrogens (tertiary/aromatic N) is 4. The van der Waals surface area contributed by atoms with Crippen molar-refractivity contribution in [2.75, 3.05) is 12.8 Å². The van der Waals surface area contributed by atoms with Gasteiger partial charge in [0.15, 0.2) is 0 Å². The summed E-state index contributed by atoms with van der Waals surface area (Å²) in [7, 11) is -3.51. The van der Waals surface area contributed by atoms with Crippen LogP contribution in [0.4, 0.5) is 13.2 Å². The molecule has 1 aliphatic rings. The summed E-state index contributed by atoms with van der Waals surface area (Å²) >= 11 is 0. The maximum Gasteiger partial charge on any atom is 0.335 e. The molecule has 3 aromatic carbocycles. The van der Waals surface area contributed by atoms with Crippen molar-refractivity contribution in [3.63, 3.8) is 0 Å². The van der Waals surface area contributed by atoms with Gasteiger partial charge in [-0.25, -0.2) is 36.4 Å². The number of sulfonamides is 1. The molecule has 5 aromatic rings. The van der Waals surface area contributed by atoms with Crippen LogP contribution in [0.2, 0.25) is 0 Å². The van der Waals surface area contributed by atoms with E-state index in [0.29, 0.717) is 41.8 Å². The van der Waals surface area contributed by atoms with Crippen molar-refractivity contribution >= 4 is 27.0 Å². The molecule has 0 unspecified atom stereocenters. The summed E-state index contributed by atoms with van der Waals surface area (Å²) in [5.41, 5.74) is 2.01. The number of imidazole rings is 1. The third-order valence-corrected chi connectivity index (χ3v) is 9.62. The lowest BCUT2D eigenvalue weighted by atomic mass is 10.0. The molecule has 0 bridgehead atoms. The molecule has 0 spiro atoms. The summed E-state index contributed by atoms with van der Waals surface area (Å²) in [6.45, 7) is 2.19. The fraction of sp³-hybridized carbons (Fsp3) is 0.265. The van der Waals surface area contributed by atoms with Crippen LogP contribution in [0.5, 0.6) is 5.88 Å². The van der Waals surface area contributed by atoms with Crippen molar-refractivity contribution in [2.45, 2.75) is 45.4 Å². The fourth-order valence-corrected chi connectivity index (χ4v) is 7.11. The maximum absolute atomic E-state index is 15.7. The Morgan fingerprint density at radius 3 is 2.51 bits per heavy atom. The number of fused-ring (bicyclic) bond motifs is 1. The Morgan fingerprint density at radius 2 is 1.77 bits per heavy atom. The molecule has 0 radical (unpaired) electrons. The predicted molar refractivity (Wildman–Crippen MR) is 169 cm³/mol. The first-order valence-corrected chi connectivity index (χ1v) is 16.7. The zero-order chi connectivity index (χ0) is 33.5. The number of aromatic nitrogens is 3. The van der Waals surface area contributed by atoms with Crippen LogP contribution < -0.4 is 4.74 Å². The second-order valence-electron chi connectivity index (χ2n) is 11.7. The second-order valence-corrected chi connectivity index (χ2v) is 13.6. The van der Waals surface area contributed by atoms with Crippen LogP contribution in [0.15, 0.2) is 66.7 Å². The highest BCUT2D eigenvalue weighted by Crippen LogP contribution is 2.30. The van der Waals surface area contributed by atoms with Crippen LogP contribution in [0.1, 0.15) is 45.7 Å². The topological polar surface area (TPSA) is 115 Å². The minimum Gasteiger partial charge on any atom is -0.478 e. The van der Waals surface area contributed by atoms with Gasteiger partial charge in [-0.3, -0.25) is 0 Å². The summed E-state index contributed by atoms with van der Waals surface area (Å²) in [4.78, 5) is 20.6. The second kappa shape index (κ2) is 12.8. The van der Waals surface area contributed by atoms with Gasteiger partial charge in [0.25, 0.3) is 0 Å². The van der Waals surface area contributed by atoms with Crippen LogP contribution in [0.3, 0.4) is 0 Å². The number of carboxylic acid groups (broad SMARTS) is 1. The molecule has 13 heteroatoms. The SMILES string of the molecule is Cc1ccc(COc2cccc(-c3cc(F)c(Cc4nc5ccc(C(=O)O)cc5n4C[C@H]4CCCN4S(C)(=O)=O)cc3F)n2)c(F)c1. The van der Waals surface area contributed by atoms with Crippen molar-refractivity contribution in [1.29, 1.82) is 0 Å². The molecule has 0 saturated carbocycles. The van der Waals surface area contributed by atoms with Crippen molar-refractivity contribution in [2.24, 2.45) is 0 Å². The van der Waals surface area contributed by atoms with E-state index in [-0.39, 0.29) is 47.8 Å². The van der Waals surface area contributed by atoms with Crippen LogP contribution in [0.25, 0.3) is 22.3 Å². The lowest BCUT2D eigenvalue weighted by molar-refractivity contribution is 0.0697. The normalized spacial score (nSPS) is 15.4. The third-order valence-electron chi connectivity index (χ3n) is 8.28. The number of benzene rings is 3. The largest absolute Gasteiger partial charge is 0.478 e. The minimum absolute atomic E-state index is 0.00472. The molecule has 1 atom stereocenters. The molecule has 6 rings (SSSR count). The summed E-state index contributed by atoms with van der Waals surface area (Å²) in [6, 6.07) is 15.4. The number of hydrogen-bond acceptors (Lipinski definition) is 6. The lowest BCUT2D eigenvalue weighted by Gasteiger charge is -2.23. The molecule has 1 fully saturated rings. The number of aryl methyl sites for hydroxylation is 1. The number of hydrogen-bond donors (Lipinski definition) is 1. The van der Waals surface area contributed by atoms with E-state index < -0.39 is 39.5 Å². The van der Waals surface area contributed by atoms with Gasteiger partial charge >= 0.3 is 5.97 Å². The molecule has 47 heavy (non-hydrogen) atoms. The highest BCUT2D eigenvalue weighted by atomic mass is 32.2. The zero-order valence-electron chi connectivity index (χ0n) is 25.6. The van der Waals surface area contributed by atoms with E-state index in [9.17, 15) is 22.7 Å². The van der Waals surface area contributed by atoms with Crippen LogP contribution in [-0.4, -0.2) is 57.2 Å². The number of pyridine rings is 1. The van der Waals surface area contributed by atoms with Crippen molar-refractivity contribution in [1.82, 2.24) is 18.8 Å². The van der Waals surface area contributed by atoms with Gasteiger partial charge in [-0.2, -0.15) is 4.31 Å². The molecular weight excluding hydrogens is 633 g/mol. The minimum atomic E-state index is -3.51. The van der Waals surface area contributed by atoms with E-state index >= 15 is 8.78 Å². The Balaban J connectivity index is 1.30. The predicted octanol–water partition coefficient (Wildman–Crippen LogP) is 6.12. The Morgan fingerprint density at radius 1 is 0.979 bits per heavy atom. The zero-order valence-corrected chi connectivity index (χ0v) is 26.4. The molecule has 1 saturated heterocycles. The number of carbonyl (C=O) groups is 1. The maximum atomic E-state index is 15.7. The number of rotatable bonds is 10. The van der Waals surface area contributed by atoms with Crippen molar-refractivity contribution < 1.29 is 36.2 Å². The Bertz CT molecular complexity index is 2120.